The Morgan fingerprint density at radius 1 is 1.24 bits per heavy atom. The van der Waals surface area contributed by atoms with Crippen LogP contribution in [0, 0.1) is 0 Å². The van der Waals surface area contributed by atoms with E-state index in [-0.39, 0.29) is 11.7 Å². The minimum absolute atomic E-state index is 0.0481. The zero-order valence-corrected chi connectivity index (χ0v) is 12.9. The number of Topliss-reactive ketones (excluding diaryl/α,β-unsaturated/α-hetero) is 1. The molecular weight excluding hydrogens is 264 g/mol. The lowest BCUT2D eigenvalue weighted by molar-refractivity contribution is -0.122. The van der Waals surface area contributed by atoms with E-state index in [1.165, 1.54) is 25.7 Å². The van der Waals surface area contributed by atoms with Crippen LogP contribution in [0.1, 0.15) is 68.6 Å². The maximum absolute atomic E-state index is 12.1. The topological polar surface area (TPSA) is 51.1 Å². The minimum Gasteiger partial charge on any atom is -0.352 e. The van der Waals surface area contributed by atoms with E-state index in [2.05, 4.69) is 5.32 Å². The molecule has 0 aromatic carbocycles. The molecule has 21 heavy (non-hydrogen) atoms. The van der Waals surface area contributed by atoms with Crippen LogP contribution in [0.2, 0.25) is 0 Å². The zero-order chi connectivity index (χ0) is 15.1. The van der Waals surface area contributed by atoms with Crippen LogP contribution in [0.25, 0.3) is 0 Å². The Labute approximate surface area is 126 Å². The van der Waals surface area contributed by atoms with Crippen molar-refractivity contribution in [2.24, 2.45) is 0 Å². The van der Waals surface area contributed by atoms with E-state index in [0.717, 1.165) is 19.3 Å². The number of hydrogen-bond donors (Lipinski definition) is 1. The van der Waals surface area contributed by atoms with Crippen LogP contribution in [0.3, 0.4) is 0 Å². The fraction of sp³-hybridized carbons (Fsp3) is 0.647. The summed E-state index contributed by atoms with van der Waals surface area (Å²) in [6.45, 7) is 2.30. The lowest BCUT2D eigenvalue weighted by atomic mass is 10.1. The predicted octanol–water partition coefficient (Wildman–Crippen LogP) is 3.31. The molecule has 2 rings (SSSR count). The van der Waals surface area contributed by atoms with E-state index in [1.807, 2.05) is 13.1 Å². The molecule has 116 valence electrons. The third-order valence-electron chi connectivity index (χ3n) is 4.10. The fourth-order valence-electron chi connectivity index (χ4n) is 2.94. The number of nitrogens with one attached hydrogen (secondary N) is 1. The summed E-state index contributed by atoms with van der Waals surface area (Å²) < 4.78 is 1.80. The summed E-state index contributed by atoms with van der Waals surface area (Å²) in [5.41, 5.74) is 0.708. The number of rotatable bonds is 6. The van der Waals surface area contributed by atoms with Crippen molar-refractivity contribution < 1.29 is 9.59 Å². The van der Waals surface area contributed by atoms with Crippen LogP contribution in [0.5, 0.6) is 0 Å². The average Bonchev–Trinajstić information content (AvgIpc) is 2.76. The van der Waals surface area contributed by atoms with Crippen LogP contribution < -0.4 is 5.32 Å². The molecule has 1 N–H and O–H groups in total. The monoisotopic (exact) mass is 290 g/mol. The number of aromatic nitrogens is 1. The molecule has 0 aliphatic heterocycles. The molecule has 0 spiro atoms. The van der Waals surface area contributed by atoms with Gasteiger partial charge in [-0.3, -0.25) is 9.59 Å². The maximum Gasteiger partial charge on any atom is 0.240 e. The number of nitrogens with zero attached hydrogens (tertiary/aromatic N) is 1. The molecule has 0 atom stereocenters. The van der Waals surface area contributed by atoms with Crippen molar-refractivity contribution in [2.75, 3.05) is 0 Å². The second-order valence-corrected chi connectivity index (χ2v) is 6.00. The molecular formula is C17H26N2O2. The second-order valence-electron chi connectivity index (χ2n) is 6.00. The van der Waals surface area contributed by atoms with Crippen molar-refractivity contribution in [3.8, 4) is 0 Å². The van der Waals surface area contributed by atoms with Gasteiger partial charge in [0.25, 0.3) is 0 Å². The third kappa shape index (κ3) is 5.03. The highest BCUT2D eigenvalue weighted by Crippen LogP contribution is 2.17. The van der Waals surface area contributed by atoms with Gasteiger partial charge in [-0.2, -0.15) is 0 Å². The summed E-state index contributed by atoms with van der Waals surface area (Å²) >= 11 is 0. The van der Waals surface area contributed by atoms with Crippen molar-refractivity contribution >= 4 is 11.7 Å². The van der Waals surface area contributed by atoms with E-state index in [9.17, 15) is 9.59 Å². The van der Waals surface area contributed by atoms with Gasteiger partial charge in [-0.1, -0.05) is 32.6 Å². The molecule has 1 aromatic heterocycles. The van der Waals surface area contributed by atoms with E-state index >= 15 is 0 Å². The Morgan fingerprint density at radius 3 is 2.62 bits per heavy atom. The molecule has 1 heterocycles. The molecule has 1 fully saturated rings. The zero-order valence-electron chi connectivity index (χ0n) is 12.9. The average molecular weight is 290 g/mol. The van der Waals surface area contributed by atoms with Crippen LogP contribution in [0.4, 0.5) is 0 Å². The van der Waals surface area contributed by atoms with E-state index < -0.39 is 0 Å². The smallest absolute Gasteiger partial charge is 0.240 e. The number of hydrogen-bond acceptors (Lipinski definition) is 2. The van der Waals surface area contributed by atoms with Crippen molar-refractivity contribution in [3.63, 3.8) is 0 Å². The Balaban J connectivity index is 1.83. The van der Waals surface area contributed by atoms with Crippen LogP contribution in [0.15, 0.2) is 18.5 Å². The first-order valence-corrected chi connectivity index (χ1v) is 8.17. The molecule has 1 aliphatic rings. The molecule has 1 amide bonds. The lowest BCUT2D eigenvalue weighted by Crippen LogP contribution is -2.36. The van der Waals surface area contributed by atoms with Crippen molar-refractivity contribution in [3.05, 3.63) is 24.0 Å². The first-order valence-electron chi connectivity index (χ1n) is 8.17. The van der Waals surface area contributed by atoms with Crippen LogP contribution in [-0.4, -0.2) is 22.3 Å². The third-order valence-corrected chi connectivity index (χ3v) is 4.10. The van der Waals surface area contributed by atoms with Gasteiger partial charge in [0.15, 0.2) is 5.78 Å². The SMILES string of the molecule is CCCC(=O)c1ccn(CC(=O)NC2CCCCCC2)c1. The first kappa shape index (κ1) is 15.8. The van der Waals surface area contributed by atoms with Gasteiger partial charge < -0.3 is 9.88 Å². The summed E-state index contributed by atoms with van der Waals surface area (Å²) in [5.74, 6) is 0.201. The highest BCUT2D eigenvalue weighted by Gasteiger charge is 2.15. The van der Waals surface area contributed by atoms with Crippen LogP contribution >= 0.6 is 0 Å². The summed E-state index contributed by atoms with van der Waals surface area (Å²) in [4.78, 5) is 23.9. The standard InChI is InChI=1S/C17H26N2O2/c1-2-7-16(20)14-10-11-19(12-14)13-17(21)18-15-8-5-3-4-6-9-15/h10-12,15H,2-9,13H2,1H3,(H,18,21). The Bertz CT molecular complexity index is 471. The second kappa shape index (κ2) is 8.01. The summed E-state index contributed by atoms with van der Waals surface area (Å²) in [6, 6.07) is 2.13. The van der Waals surface area contributed by atoms with Gasteiger partial charge in [0.05, 0.1) is 0 Å². The normalized spacial score (nSPS) is 16.4. The summed E-state index contributed by atoms with van der Waals surface area (Å²) in [7, 11) is 0. The van der Waals surface area contributed by atoms with E-state index in [0.29, 0.717) is 24.6 Å². The highest BCUT2D eigenvalue weighted by atomic mass is 16.2. The Hall–Kier alpha value is -1.58. The first-order chi connectivity index (χ1) is 10.2. The largest absolute Gasteiger partial charge is 0.352 e. The Morgan fingerprint density at radius 2 is 1.95 bits per heavy atom. The fourth-order valence-corrected chi connectivity index (χ4v) is 2.94. The maximum atomic E-state index is 12.1. The molecule has 0 radical (unpaired) electrons. The number of amides is 1. The number of ketones is 1. The molecule has 1 aliphatic carbocycles. The molecule has 1 saturated carbocycles. The van der Waals surface area contributed by atoms with E-state index in [1.54, 1.807) is 16.8 Å². The van der Waals surface area contributed by atoms with Gasteiger partial charge in [-0.15, -0.1) is 0 Å². The predicted molar refractivity (Wildman–Crippen MR) is 83.3 cm³/mol. The minimum atomic E-state index is 0.0481. The van der Waals surface area contributed by atoms with Gasteiger partial charge in [0, 0.05) is 30.4 Å². The molecule has 0 saturated heterocycles. The lowest BCUT2D eigenvalue weighted by Gasteiger charge is -2.16. The van der Waals surface area contributed by atoms with Gasteiger partial charge in [0.1, 0.15) is 6.54 Å². The summed E-state index contributed by atoms with van der Waals surface area (Å²) in [5, 5.41) is 3.13. The number of carbonyl (C=O) groups excluding carboxylic acids is 2. The molecule has 0 bridgehead atoms. The van der Waals surface area contributed by atoms with Gasteiger partial charge >= 0.3 is 0 Å². The Kier molecular flexibility index (Phi) is 6.03. The number of carbonyl (C=O) groups is 2. The van der Waals surface area contributed by atoms with Crippen LogP contribution in [-0.2, 0) is 11.3 Å². The van der Waals surface area contributed by atoms with Gasteiger partial charge in [-0.05, 0) is 25.3 Å². The molecule has 0 unspecified atom stereocenters. The van der Waals surface area contributed by atoms with Gasteiger partial charge in [0.2, 0.25) is 5.91 Å². The van der Waals surface area contributed by atoms with E-state index in [4.69, 9.17) is 0 Å². The van der Waals surface area contributed by atoms with Crippen molar-refractivity contribution in [2.45, 2.75) is 70.9 Å². The molecule has 1 aromatic rings. The van der Waals surface area contributed by atoms with Crippen molar-refractivity contribution in [1.29, 1.82) is 0 Å². The molecule has 4 nitrogen and oxygen atoms in total. The van der Waals surface area contributed by atoms with Crippen molar-refractivity contribution in [1.82, 2.24) is 9.88 Å². The summed E-state index contributed by atoms with van der Waals surface area (Å²) in [6.07, 6.45) is 12.2. The quantitative estimate of drug-likeness (QED) is 0.645. The van der Waals surface area contributed by atoms with Gasteiger partial charge in [-0.25, -0.2) is 0 Å². The molecule has 4 heteroatoms. The highest BCUT2D eigenvalue weighted by molar-refractivity contribution is 5.95.